The highest BCUT2D eigenvalue weighted by Crippen LogP contribution is 1.99. The van der Waals surface area contributed by atoms with Gasteiger partial charge < -0.3 is 19.9 Å². The normalized spacial score (nSPS) is 17.1. The first-order chi connectivity index (χ1) is 8.74. The Hall–Kier alpha value is -0.650. The van der Waals surface area contributed by atoms with Crippen LogP contribution in [-0.4, -0.2) is 75.7 Å². The number of rotatable bonds is 8. The molecular formula is C13H27N3O2. The highest BCUT2D eigenvalue weighted by molar-refractivity contribution is 5.78. The molecule has 5 nitrogen and oxygen atoms in total. The van der Waals surface area contributed by atoms with Crippen molar-refractivity contribution in [1.29, 1.82) is 0 Å². The molecule has 0 aliphatic carbocycles. The number of hydrogen-bond donors (Lipinski definition) is 1. The van der Waals surface area contributed by atoms with Crippen LogP contribution in [0.5, 0.6) is 0 Å². The lowest BCUT2D eigenvalue weighted by Crippen LogP contribution is -2.49. The number of carbonyl (C=O) groups excluding carboxylic acids is 1. The Bertz CT molecular complexity index is 228. The number of methoxy groups -OCH3 is 1. The number of carbonyl (C=O) groups is 1. The summed E-state index contributed by atoms with van der Waals surface area (Å²) >= 11 is 0. The Balaban J connectivity index is 1.96. The molecule has 1 N–H and O–H groups in total. The summed E-state index contributed by atoms with van der Waals surface area (Å²) in [6.07, 6.45) is 3.37. The van der Waals surface area contributed by atoms with Crippen LogP contribution < -0.4 is 5.32 Å². The highest BCUT2D eigenvalue weighted by Gasteiger charge is 2.17. The molecule has 0 atom stereocenters. The molecule has 1 aliphatic rings. The minimum Gasteiger partial charge on any atom is -0.385 e. The number of hydrogen-bond acceptors (Lipinski definition) is 4. The number of amides is 1. The fraction of sp³-hybridized carbons (Fsp3) is 0.923. The number of piperazine rings is 1. The molecule has 0 saturated carbocycles. The van der Waals surface area contributed by atoms with E-state index in [-0.39, 0.29) is 5.91 Å². The zero-order chi connectivity index (χ0) is 13.2. The van der Waals surface area contributed by atoms with E-state index in [1.165, 1.54) is 0 Å². The zero-order valence-electron chi connectivity index (χ0n) is 11.8. The molecule has 0 unspecified atom stereocenters. The smallest absolute Gasteiger partial charge is 0.236 e. The maximum absolute atomic E-state index is 11.9. The van der Waals surface area contributed by atoms with Gasteiger partial charge in [-0.15, -0.1) is 0 Å². The molecule has 1 rings (SSSR count). The Morgan fingerprint density at radius 2 is 1.89 bits per heavy atom. The predicted octanol–water partition coefficient (Wildman–Crippen LogP) is 0.167. The molecule has 5 heteroatoms. The first-order valence-electron chi connectivity index (χ1n) is 6.90. The molecule has 0 radical (unpaired) electrons. The average Bonchev–Trinajstić information content (AvgIpc) is 2.38. The van der Waals surface area contributed by atoms with Gasteiger partial charge in [0.1, 0.15) is 0 Å². The third-order valence-electron chi connectivity index (χ3n) is 3.33. The summed E-state index contributed by atoms with van der Waals surface area (Å²) in [4.78, 5) is 16.1. The van der Waals surface area contributed by atoms with Gasteiger partial charge in [0.2, 0.25) is 5.91 Å². The first-order valence-corrected chi connectivity index (χ1v) is 6.90. The van der Waals surface area contributed by atoms with Crippen molar-refractivity contribution in [3.63, 3.8) is 0 Å². The van der Waals surface area contributed by atoms with Crippen molar-refractivity contribution in [2.45, 2.75) is 19.3 Å². The van der Waals surface area contributed by atoms with Crippen LogP contribution in [0, 0.1) is 0 Å². The fourth-order valence-corrected chi connectivity index (χ4v) is 2.04. The third kappa shape index (κ3) is 6.33. The zero-order valence-corrected chi connectivity index (χ0v) is 11.8. The van der Waals surface area contributed by atoms with Gasteiger partial charge in [-0.2, -0.15) is 0 Å². The minimum absolute atomic E-state index is 0.236. The summed E-state index contributed by atoms with van der Waals surface area (Å²) in [6.45, 7) is 5.94. The van der Waals surface area contributed by atoms with Crippen LogP contribution in [0.15, 0.2) is 0 Å². The van der Waals surface area contributed by atoms with Gasteiger partial charge in [-0.3, -0.25) is 4.79 Å². The Morgan fingerprint density at radius 1 is 1.17 bits per heavy atom. The van der Waals surface area contributed by atoms with E-state index in [2.05, 4.69) is 17.3 Å². The molecule has 1 heterocycles. The molecule has 1 aliphatic heterocycles. The predicted molar refractivity (Wildman–Crippen MR) is 72.7 cm³/mol. The van der Waals surface area contributed by atoms with E-state index in [1.54, 1.807) is 7.11 Å². The highest BCUT2D eigenvalue weighted by atomic mass is 16.5. The Labute approximate surface area is 110 Å². The summed E-state index contributed by atoms with van der Waals surface area (Å²) in [6, 6.07) is 0. The Kier molecular flexibility index (Phi) is 7.96. The van der Waals surface area contributed by atoms with E-state index in [0.29, 0.717) is 6.54 Å². The summed E-state index contributed by atoms with van der Waals surface area (Å²) in [5, 5.41) is 3.22. The molecule has 1 saturated heterocycles. The van der Waals surface area contributed by atoms with Gasteiger partial charge in [-0.1, -0.05) is 0 Å². The molecule has 106 valence electrons. The van der Waals surface area contributed by atoms with Crippen LogP contribution >= 0.6 is 0 Å². The summed E-state index contributed by atoms with van der Waals surface area (Å²) < 4.78 is 4.99. The summed E-state index contributed by atoms with van der Waals surface area (Å²) in [5.74, 6) is 0.236. The lowest BCUT2D eigenvalue weighted by atomic mass is 10.2. The quantitative estimate of drug-likeness (QED) is 0.630. The van der Waals surface area contributed by atoms with Crippen LogP contribution in [0.3, 0.4) is 0 Å². The van der Waals surface area contributed by atoms with Crippen LogP contribution in [0.2, 0.25) is 0 Å². The minimum atomic E-state index is 0.236. The maximum atomic E-state index is 11.9. The second-order valence-corrected chi connectivity index (χ2v) is 4.91. The van der Waals surface area contributed by atoms with Gasteiger partial charge in [-0.25, -0.2) is 0 Å². The van der Waals surface area contributed by atoms with Gasteiger partial charge in [0.05, 0.1) is 6.54 Å². The van der Waals surface area contributed by atoms with Crippen molar-refractivity contribution in [1.82, 2.24) is 15.1 Å². The standard InChI is InChI=1S/C13H27N3O2/c1-15-7-9-16(10-8-15)13(17)12-14-6-4-3-5-11-18-2/h14H,3-12H2,1-2H3. The van der Waals surface area contributed by atoms with E-state index in [9.17, 15) is 4.79 Å². The monoisotopic (exact) mass is 257 g/mol. The average molecular weight is 257 g/mol. The largest absolute Gasteiger partial charge is 0.385 e. The van der Waals surface area contributed by atoms with Gasteiger partial charge in [0, 0.05) is 39.9 Å². The molecule has 1 fully saturated rings. The molecule has 1 amide bonds. The molecule has 0 aromatic carbocycles. The van der Waals surface area contributed by atoms with Crippen LogP contribution in [0.1, 0.15) is 19.3 Å². The SMILES string of the molecule is COCCCCCNCC(=O)N1CCN(C)CC1. The van der Waals surface area contributed by atoms with Crippen molar-refractivity contribution in [3.8, 4) is 0 Å². The van der Waals surface area contributed by atoms with E-state index in [4.69, 9.17) is 4.74 Å². The Morgan fingerprint density at radius 3 is 2.56 bits per heavy atom. The molecule has 0 aromatic heterocycles. The number of likely N-dealkylation sites (N-methyl/N-ethyl adjacent to an activating group) is 1. The van der Waals surface area contributed by atoms with Crippen LogP contribution in [0.4, 0.5) is 0 Å². The van der Waals surface area contributed by atoms with Crippen LogP contribution in [0.25, 0.3) is 0 Å². The number of ether oxygens (including phenoxy) is 1. The lowest BCUT2D eigenvalue weighted by Gasteiger charge is -2.32. The van der Waals surface area contributed by atoms with E-state index in [1.807, 2.05) is 4.90 Å². The van der Waals surface area contributed by atoms with Crippen molar-refractivity contribution in [2.75, 3.05) is 60.0 Å². The van der Waals surface area contributed by atoms with Crippen molar-refractivity contribution < 1.29 is 9.53 Å². The molecule has 0 bridgehead atoms. The molecular weight excluding hydrogens is 230 g/mol. The second kappa shape index (κ2) is 9.30. The topological polar surface area (TPSA) is 44.8 Å². The molecule has 0 aromatic rings. The lowest BCUT2D eigenvalue weighted by molar-refractivity contribution is -0.131. The molecule has 0 spiro atoms. The summed E-state index contributed by atoms with van der Waals surface area (Å²) in [5.41, 5.74) is 0. The number of nitrogens with zero attached hydrogens (tertiary/aromatic N) is 2. The van der Waals surface area contributed by atoms with E-state index in [0.717, 1.165) is 58.6 Å². The van der Waals surface area contributed by atoms with Gasteiger partial charge >= 0.3 is 0 Å². The van der Waals surface area contributed by atoms with Crippen molar-refractivity contribution in [2.24, 2.45) is 0 Å². The third-order valence-corrected chi connectivity index (χ3v) is 3.33. The van der Waals surface area contributed by atoms with Gasteiger partial charge in [-0.05, 0) is 32.9 Å². The van der Waals surface area contributed by atoms with Crippen molar-refractivity contribution in [3.05, 3.63) is 0 Å². The van der Waals surface area contributed by atoms with E-state index < -0.39 is 0 Å². The van der Waals surface area contributed by atoms with Crippen molar-refractivity contribution >= 4 is 5.91 Å². The summed E-state index contributed by atoms with van der Waals surface area (Å²) in [7, 11) is 3.83. The number of unbranched alkanes of at least 4 members (excludes halogenated alkanes) is 2. The maximum Gasteiger partial charge on any atom is 0.236 e. The van der Waals surface area contributed by atoms with E-state index >= 15 is 0 Å². The fourth-order valence-electron chi connectivity index (χ4n) is 2.04. The number of nitrogens with one attached hydrogen (secondary N) is 1. The second-order valence-electron chi connectivity index (χ2n) is 4.91. The first kappa shape index (κ1) is 15.4. The van der Waals surface area contributed by atoms with Crippen LogP contribution in [-0.2, 0) is 9.53 Å². The molecule has 18 heavy (non-hydrogen) atoms. The van der Waals surface area contributed by atoms with Gasteiger partial charge in [0.15, 0.2) is 0 Å². The van der Waals surface area contributed by atoms with Gasteiger partial charge in [0.25, 0.3) is 0 Å².